The molecule has 1 fully saturated rings. The van der Waals surface area contributed by atoms with E-state index in [4.69, 9.17) is 14.2 Å². The highest BCUT2D eigenvalue weighted by atomic mass is 32.1. The summed E-state index contributed by atoms with van der Waals surface area (Å²) < 4.78 is 34.0. The van der Waals surface area contributed by atoms with Gasteiger partial charge < -0.3 is 19.5 Å². The summed E-state index contributed by atoms with van der Waals surface area (Å²) in [5.74, 6) is 0.975. The maximum absolute atomic E-state index is 13.1. The summed E-state index contributed by atoms with van der Waals surface area (Å²) in [7, 11) is 1.54. The second kappa shape index (κ2) is 11.9. The van der Waals surface area contributed by atoms with E-state index in [1.165, 1.54) is 19.2 Å². The molecule has 1 amide bonds. The van der Waals surface area contributed by atoms with Gasteiger partial charge in [0.1, 0.15) is 5.82 Å². The van der Waals surface area contributed by atoms with Crippen LogP contribution in [0.15, 0.2) is 42.5 Å². The Hall–Kier alpha value is -3.08. The molecule has 3 aromatic rings. The van der Waals surface area contributed by atoms with E-state index in [2.05, 4.69) is 19.6 Å². The first kappa shape index (κ1) is 24.1. The number of amides is 1. The minimum Gasteiger partial charge on any atom is -0.493 e. The Morgan fingerprint density at radius 1 is 1.18 bits per heavy atom. The molecule has 2 heterocycles. The van der Waals surface area contributed by atoms with Crippen molar-refractivity contribution < 1.29 is 23.4 Å². The molecule has 0 spiro atoms. The molecule has 0 aliphatic carbocycles. The van der Waals surface area contributed by atoms with Gasteiger partial charge in [-0.05, 0) is 48.9 Å². The first-order valence-electron chi connectivity index (χ1n) is 11.1. The molecule has 0 radical (unpaired) electrons. The fourth-order valence-corrected chi connectivity index (χ4v) is 4.12. The van der Waals surface area contributed by atoms with E-state index in [9.17, 15) is 9.18 Å². The number of morpholine rings is 1. The molecule has 4 rings (SSSR count). The van der Waals surface area contributed by atoms with Crippen molar-refractivity contribution in [3.05, 3.63) is 65.2 Å². The number of methoxy groups -OCH3 is 1. The third-order valence-corrected chi connectivity index (χ3v) is 6.02. The van der Waals surface area contributed by atoms with Crippen molar-refractivity contribution in [1.82, 2.24) is 19.6 Å². The molecule has 1 aromatic heterocycles. The molecule has 1 saturated heterocycles. The Balaban J connectivity index is 1.34. The van der Waals surface area contributed by atoms with Gasteiger partial charge in [0, 0.05) is 43.2 Å². The zero-order valence-corrected chi connectivity index (χ0v) is 19.8. The van der Waals surface area contributed by atoms with Crippen LogP contribution in [0.25, 0.3) is 0 Å². The van der Waals surface area contributed by atoms with Crippen molar-refractivity contribution in [2.24, 2.45) is 0 Å². The van der Waals surface area contributed by atoms with E-state index in [1.54, 1.807) is 30.3 Å². The second-order valence-electron chi connectivity index (χ2n) is 7.81. The quantitative estimate of drug-likeness (QED) is 0.439. The van der Waals surface area contributed by atoms with Crippen LogP contribution in [-0.2, 0) is 11.2 Å². The smallest absolute Gasteiger partial charge is 0.298 e. The van der Waals surface area contributed by atoms with Gasteiger partial charge in [-0.15, -0.1) is 0 Å². The van der Waals surface area contributed by atoms with E-state index in [0.29, 0.717) is 41.0 Å². The average molecular weight is 487 g/mol. The highest BCUT2D eigenvalue weighted by molar-refractivity contribution is 7.07. The largest absolute Gasteiger partial charge is 0.493 e. The molecule has 1 N–H and O–H groups in total. The Labute approximate surface area is 201 Å². The Kier molecular flexibility index (Phi) is 8.40. The van der Waals surface area contributed by atoms with E-state index >= 15 is 0 Å². The topological polar surface area (TPSA) is 85.8 Å². The fourth-order valence-electron chi connectivity index (χ4n) is 3.56. The number of carbonyl (C=O) groups is 1. The molecule has 34 heavy (non-hydrogen) atoms. The van der Waals surface area contributed by atoms with Gasteiger partial charge in [-0.2, -0.15) is 9.36 Å². The lowest BCUT2D eigenvalue weighted by Crippen LogP contribution is -2.38. The zero-order valence-electron chi connectivity index (χ0n) is 19.0. The van der Waals surface area contributed by atoms with Crippen LogP contribution in [0.4, 0.5) is 4.39 Å². The van der Waals surface area contributed by atoms with E-state index in [1.807, 2.05) is 0 Å². The van der Waals surface area contributed by atoms with Crippen LogP contribution in [0.2, 0.25) is 0 Å². The first-order chi connectivity index (χ1) is 16.6. The van der Waals surface area contributed by atoms with Gasteiger partial charge in [0.15, 0.2) is 17.3 Å². The summed E-state index contributed by atoms with van der Waals surface area (Å²) in [6.45, 7) is 4.92. The van der Waals surface area contributed by atoms with E-state index < -0.39 is 0 Å². The number of nitrogens with zero attached hydrogens (tertiary/aromatic N) is 3. The molecule has 0 bridgehead atoms. The van der Waals surface area contributed by atoms with Crippen molar-refractivity contribution in [2.45, 2.75) is 12.8 Å². The Morgan fingerprint density at radius 3 is 2.74 bits per heavy atom. The Morgan fingerprint density at radius 2 is 1.97 bits per heavy atom. The molecule has 0 unspecified atom stereocenters. The van der Waals surface area contributed by atoms with E-state index in [0.717, 1.165) is 56.4 Å². The van der Waals surface area contributed by atoms with Gasteiger partial charge >= 0.3 is 0 Å². The van der Waals surface area contributed by atoms with Crippen LogP contribution >= 0.6 is 11.5 Å². The highest BCUT2D eigenvalue weighted by Crippen LogP contribution is 2.33. The summed E-state index contributed by atoms with van der Waals surface area (Å²) in [6.07, 6.45) is 1.33. The number of halogens is 1. The lowest BCUT2D eigenvalue weighted by atomic mass is 10.1. The lowest BCUT2D eigenvalue weighted by molar-refractivity contribution is 0.0374. The standard InChI is InChI=1S/C24H27FN4O4S/c1-31-20-8-5-18(23(30)26-9-2-10-29-11-13-32-14-12-29)16-21(20)33-24-27-22(28-34-24)15-17-3-6-19(25)7-4-17/h3-8,16H,2,9-15H2,1H3,(H,26,30). The van der Waals surface area contributed by atoms with Gasteiger partial charge in [0.2, 0.25) is 0 Å². The van der Waals surface area contributed by atoms with Gasteiger partial charge in [0.25, 0.3) is 11.1 Å². The summed E-state index contributed by atoms with van der Waals surface area (Å²) in [5, 5.41) is 3.29. The van der Waals surface area contributed by atoms with Crippen LogP contribution < -0.4 is 14.8 Å². The molecule has 1 aliphatic heterocycles. The molecule has 0 saturated carbocycles. The molecular formula is C24H27FN4O4S. The maximum atomic E-state index is 13.1. The van der Waals surface area contributed by atoms with Gasteiger partial charge in [-0.3, -0.25) is 9.69 Å². The van der Waals surface area contributed by atoms with Crippen molar-refractivity contribution in [3.63, 3.8) is 0 Å². The maximum Gasteiger partial charge on any atom is 0.298 e. The molecule has 180 valence electrons. The van der Waals surface area contributed by atoms with Crippen LogP contribution in [0.5, 0.6) is 16.7 Å². The number of hydrogen-bond acceptors (Lipinski definition) is 8. The second-order valence-corrected chi connectivity index (χ2v) is 8.53. The van der Waals surface area contributed by atoms with Gasteiger partial charge in [-0.1, -0.05) is 12.1 Å². The molecule has 1 aliphatic rings. The number of nitrogens with one attached hydrogen (secondary N) is 1. The number of hydrogen-bond donors (Lipinski definition) is 1. The predicted octanol–water partition coefficient (Wildman–Crippen LogP) is 3.52. The average Bonchev–Trinajstić information content (AvgIpc) is 3.30. The normalized spacial score (nSPS) is 14.1. The van der Waals surface area contributed by atoms with Crippen LogP contribution in [0.1, 0.15) is 28.2 Å². The number of carbonyl (C=O) groups excluding carboxylic acids is 1. The van der Waals surface area contributed by atoms with Crippen molar-refractivity contribution in [3.8, 4) is 16.7 Å². The molecule has 8 nitrogen and oxygen atoms in total. The third-order valence-electron chi connectivity index (χ3n) is 5.39. The van der Waals surface area contributed by atoms with E-state index in [-0.39, 0.29) is 11.7 Å². The van der Waals surface area contributed by atoms with Crippen molar-refractivity contribution >= 4 is 17.4 Å². The van der Waals surface area contributed by atoms with Crippen molar-refractivity contribution in [1.29, 1.82) is 0 Å². The molecule has 2 aromatic carbocycles. The summed E-state index contributed by atoms with van der Waals surface area (Å²) in [6, 6.07) is 11.2. The molecule has 10 heteroatoms. The number of ether oxygens (including phenoxy) is 3. The SMILES string of the molecule is COc1ccc(C(=O)NCCCN2CCOCC2)cc1Oc1nc(Cc2ccc(F)cc2)ns1. The van der Waals surface area contributed by atoms with Crippen LogP contribution in [-0.4, -0.2) is 66.7 Å². The number of benzene rings is 2. The minimum atomic E-state index is -0.285. The molecular weight excluding hydrogens is 459 g/mol. The molecule has 0 atom stereocenters. The summed E-state index contributed by atoms with van der Waals surface area (Å²) >= 11 is 1.10. The van der Waals surface area contributed by atoms with Crippen molar-refractivity contribution in [2.75, 3.05) is 46.5 Å². The fraction of sp³-hybridized carbons (Fsp3) is 0.375. The van der Waals surface area contributed by atoms with Crippen LogP contribution in [0, 0.1) is 5.82 Å². The number of rotatable bonds is 10. The summed E-state index contributed by atoms with van der Waals surface area (Å²) in [4.78, 5) is 19.4. The minimum absolute atomic E-state index is 0.177. The third kappa shape index (κ3) is 6.72. The lowest BCUT2D eigenvalue weighted by Gasteiger charge is -2.26. The first-order valence-corrected chi connectivity index (χ1v) is 11.9. The summed E-state index contributed by atoms with van der Waals surface area (Å²) in [5.41, 5.74) is 1.37. The highest BCUT2D eigenvalue weighted by Gasteiger charge is 2.15. The van der Waals surface area contributed by atoms with Gasteiger partial charge in [-0.25, -0.2) is 4.39 Å². The Bertz CT molecular complexity index is 1090. The number of aromatic nitrogens is 2. The predicted molar refractivity (Wildman–Crippen MR) is 126 cm³/mol. The zero-order chi connectivity index (χ0) is 23.8. The monoisotopic (exact) mass is 486 g/mol. The van der Waals surface area contributed by atoms with Gasteiger partial charge in [0.05, 0.1) is 20.3 Å². The van der Waals surface area contributed by atoms with Crippen LogP contribution in [0.3, 0.4) is 0 Å².